The summed E-state index contributed by atoms with van der Waals surface area (Å²) in [5, 5.41) is 0. The van der Waals surface area contributed by atoms with Crippen molar-refractivity contribution in [2.24, 2.45) is 0 Å². The van der Waals surface area contributed by atoms with Crippen molar-refractivity contribution >= 4 is 17.1 Å². The fourth-order valence-corrected chi connectivity index (χ4v) is 6.61. The Balaban J connectivity index is 1.38. The number of hydrogen-bond donors (Lipinski definition) is 0. The Morgan fingerprint density at radius 1 is 0.800 bits per heavy atom. The Hall–Kier alpha value is -3.78. The summed E-state index contributed by atoms with van der Waals surface area (Å²) in [6, 6.07) is 29.0. The van der Waals surface area contributed by atoms with Crippen LogP contribution in [-0.2, 0) is 5.41 Å². The fraction of sp³-hybridized carbons (Fsp3) is 0.212. The zero-order chi connectivity index (χ0) is 23.6. The van der Waals surface area contributed by atoms with Crippen LogP contribution in [0.1, 0.15) is 43.7 Å². The molecule has 0 saturated heterocycles. The summed E-state index contributed by atoms with van der Waals surface area (Å²) >= 11 is 0. The molecule has 172 valence electrons. The number of rotatable bonds is 2. The third kappa shape index (κ3) is 2.96. The van der Waals surface area contributed by atoms with E-state index in [2.05, 4.69) is 133 Å². The van der Waals surface area contributed by atoms with E-state index >= 15 is 0 Å². The van der Waals surface area contributed by atoms with Crippen LogP contribution in [0.3, 0.4) is 0 Å². The van der Waals surface area contributed by atoms with Crippen LogP contribution in [0, 0.1) is 0 Å². The first-order chi connectivity index (χ1) is 17.1. The summed E-state index contributed by atoms with van der Waals surface area (Å²) in [6.45, 7) is 4.75. The number of allylic oxidation sites excluding steroid dienone is 5. The van der Waals surface area contributed by atoms with Crippen LogP contribution in [-0.4, -0.2) is 6.04 Å². The number of hydrogen-bond acceptors (Lipinski definition) is 2. The van der Waals surface area contributed by atoms with Gasteiger partial charge in [-0.1, -0.05) is 92.7 Å². The molecule has 0 fully saturated rings. The zero-order valence-electron chi connectivity index (χ0n) is 20.4. The normalized spacial score (nSPS) is 23.4. The van der Waals surface area contributed by atoms with Crippen LogP contribution in [0.5, 0.6) is 0 Å². The van der Waals surface area contributed by atoms with Gasteiger partial charge in [-0.15, -0.1) is 0 Å². The van der Waals surface area contributed by atoms with Gasteiger partial charge in [0.25, 0.3) is 0 Å². The maximum absolute atomic E-state index is 2.56. The average Bonchev–Trinajstić information content (AvgIpc) is 3.23. The second kappa shape index (κ2) is 7.61. The topological polar surface area (TPSA) is 6.48 Å². The van der Waals surface area contributed by atoms with Crippen LogP contribution in [0.4, 0.5) is 17.1 Å². The van der Waals surface area contributed by atoms with Gasteiger partial charge in [-0.3, -0.25) is 0 Å². The summed E-state index contributed by atoms with van der Waals surface area (Å²) in [4.78, 5) is 5.06. The maximum atomic E-state index is 2.56. The molecular weight excluding hydrogens is 424 g/mol. The van der Waals surface area contributed by atoms with Crippen LogP contribution in [0.2, 0.25) is 0 Å². The highest BCUT2D eigenvalue weighted by Crippen LogP contribution is 2.52. The third-order valence-corrected chi connectivity index (χ3v) is 8.23. The van der Waals surface area contributed by atoms with Gasteiger partial charge in [-0.2, -0.15) is 0 Å². The monoisotopic (exact) mass is 454 g/mol. The van der Waals surface area contributed by atoms with E-state index in [0.717, 1.165) is 12.8 Å². The molecule has 2 unspecified atom stereocenters. The lowest BCUT2D eigenvalue weighted by Gasteiger charge is -2.45. The summed E-state index contributed by atoms with van der Waals surface area (Å²) in [7, 11) is 0. The predicted octanol–water partition coefficient (Wildman–Crippen LogP) is 8.15. The largest absolute Gasteiger partial charge is 0.333 e. The molecule has 2 atom stereocenters. The van der Waals surface area contributed by atoms with E-state index < -0.39 is 0 Å². The molecule has 0 saturated carbocycles. The predicted molar refractivity (Wildman–Crippen MR) is 146 cm³/mol. The van der Waals surface area contributed by atoms with Crippen LogP contribution in [0.25, 0.3) is 0 Å². The summed E-state index contributed by atoms with van der Waals surface area (Å²) in [5.41, 5.74) is 10.9. The van der Waals surface area contributed by atoms with E-state index in [1.165, 1.54) is 45.2 Å². The molecule has 0 aromatic heterocycles. The molecule has 7 rings (SSSR count). The number of anilines is 3. The second-order valence-electron chi connectivity index (χ2n) is 10.5. The molecule has 3 aromatic rings. The standard InChI is InChI=1S/C33H30N2/c1-33(2)27-15-7-10-18-31(27)35(32-19-11-8-16-28(32)33)24-20-21-30-26(22-24)25-14-6-9-17-29(25)34(30)23-12-4-3-5-13-23/h3-10,12-18,20-22,26,30H,11,19H2,1-2H3. The van der Waals surface area contributed by atoms with Crippen molar-refractivity contribution < 1.29 is 0 Å². The Morgan fingerprint density at radius 2 is 1.54 bits per heavy atom. The highest BCUT2D eigenvalue weighted by atomic mass is 15.2. The Morgan fingerprint density at radius 3 is 2.40 bits per heavy atom. The lowest BCUT2D eigenvalue weighted by Crippen LogP contribution is -2.38. The van der Waals surface area contributed by atoms with Gasteiger partial charge in [-0.25, -0.2) is 0 Å². The average molecular weight is 455 g/mol. The minimum atomic E-state index is 0.00485. The van der Waals surface area contributed by atoms with E-state index in [0.29, 0.717) is 5.92 Å². The van der Waals surface area contributed by atoms with Crippen molar-refractivity contribution in [1.29, 1.82) is 0 Å². The van der Waals surface area contributed by atoms with Gasteiger partial charge in [0.2, 0.25) is 0 Å². The smallest absolute Gasteiger partial charge is 0.0631 e. The van der Waals surface area contributed by atoms with Crippen LogP contribution in [0.15, 0.2) is 126 Å². The fourth-order valence-electron chi connectivity index (χ4n) is 6.61. The van der Waals surface area contributed by atoms with Gasteiger partial charge in [0, 0.05) is 39.8 Å². The summed E-state index contributed by atoms with van der Waals surface area (Å²) in [5.74, 6) is 0.316. The molecule has 3 aromatic carbocycles. The first-order valence-electron chi connectivity index (χ1n) is 12.8. The Kier molecular flexibility index (Phi) is 4.48. The molecular formula is C33H30N2. The van der Waals surface area contributed by atoms with Gasteiger partial charge in [-0.05, 0) is 59.9 Å². The summed E-state index contributed by atoms with van der Waals surface area (Å²) < 4.78 is 0. The van der Waals surface area contributed by atoms with E-state index in [1.54, 1.807) is 0 Å². The first-order valence-corrected chi connectivity index (χ1v) is 12.8. The van der Waals surface area contributed by atoms with Crippen LogP contribution >= 0.6 is 0 Å². The zero-order valence-corrected chi connectivity index (χ0v) is 20.4. The quantitative estimate of drug-likeness (QED) is 0.385. The molecule has 4 aliphatic rings. The molecule has 0 bridgehead atoms. The molecule has 0 spiro atoms. The number of nitrogens with zero attached hydrogens (tertiary/aromatic N) is 2. The van der Waals surface area contributed by atoms with Crippen molar-refractivity contribution in [3.8, 4) is 0 Å². The SMILES string of the molecule is CC1(C)C2=C(CCC=C2)N(C2=CC3c4ccccc4N(c4ccccc4)C3C=C2)c2ccccc21. The van der Waals surface area contributed by atoms with Gasteiger partial charge in [0.15, 0.2) is 0 Å². The van der Waals surface area contributed by atoms with Crippen molar-refractivity contribution in [2.75, 3.05) is 9.80 Å². The van der Waals surface area contributed by atoms with Crippen molar-refractivity contribution in [3.05, 3.63) is 137 Å². The number of fused-ring (bicyclic) bond motifs is 4. The maximum Gasteiger partial charge on any atom is 0.0631 e. The molecule has 0 radical (unpaired) electrons. The van der Waals surface area contributed by atoms with Crippen molar-refractivity contribution in [1.82, 2.24) is 0 Å². The molecule has 2 nitrogen and oxygen atoms in total. The molecule has 2 heterocycles. The second-order valence-corrected chi connectivity index (χ2v) is 10.5. The van der Waals surface area contributed by atoms with E-state index in [4.69, 9.17) is 0 Å². The van der Waals surface area contributed by atoms with E-state index in [9.17, 15) is 0 Å². The lowest BCUT2D eigenvalue weighted by atomic mass is 9.71. The highest BCUT2D eigenvalue weighted by Gasteiger charge is 2.42. The van der Waals surface area contributed by atoms with Gasteiger partial charge in [0.1, 0.15) is 0 Å². The van der Waals surface area contributed by atoms with Crippen LogP contribution < -0.4 is 9.80 Å². The number of benzene rings is 3. The molecule has 2 heteroatoms. The molecule has 0 amide bonds. The first kappa shape index (κ1) is 20.6. The van der Waals surface area contributed by atoms with Gasteiger partial charge in [0.05, 0.1) is 6.04 Å². The minimum absolute atomic E-state index is 0.00485. The Bertz CT molecular complexity index is 1440. The molecule has 2 aliphatic heterocycles. The van der Waals surface area contributed by atoms with E-state index in [-0.39, 0.29) is 11.5 Å². The Labute approximate surface area is 208 Å². The minimum Gasteiger partial charge on any atom is -0.333 e. The number of para-hydroxylation sites is 3. The van der Waals surface area contributed by atoms with Crippen molar-refractivity contribution in [3.63, 3.8) is 0 Å². The molecule has 2 aliphatic carbocycles. The van der Waals surface area contributed by atoms with Gasteiger partial charge >= 0.3 is 0 Å². The highest BCUT2D eigenvalue weighted by molar-refractivity contribution is 5.78. The van der Waals surface area contributed by atoms with E-state index in [1.807, 2.05) is 0 Å². The molecule has 35 heavy (non-hydrogen) atoms. The summed E-state index contributed by atoms with van der Waals surface area (Å²) in [6.07, 6.45) is 14.2. The third-order valence-electron chi connectivity index (χ3n) is 8.23. The molecule has 0 N–H and O–H groups in total. The van der Waals surface area contributed by atoms with Crippen molar-refractivity contribution in [2.45, 2.75) is 44.1 Å². The lowest BCUT2D eigenvalue weighted by molar-refractivity contribution is 0.599. The van der Waals surface area contributed by atoms with Gasteiger partial charge < -0.3 is 9.80 Å².